The molecule has 0 radical (unpaired) electrons. The predicted molar refractivity (Wildman–Crippen MR) is 111 cm³/mol. The fraction of sp³-hybridized carbons (Fsp3) is 0.238. The highest BCUT2D eigenvalue weighted by Crippen LogP contribution is 2.28. The molecule has 0 aliphatic rings. The highest BCUT2D eigenvalue weighted by Gasteiger charge is 2.13. The van der Waals surface area contributed by atoms with E-state index in [9.17, 15) is 4.79 Å². The molecule has 0 unspecified atom stereocenters. The van der Waals surface area contributed by atoms with Crippen LogP contribution in [0.3, 0.4) is 0 Å². The minimum Gasteiger partial charge on any atom is -0.482 e. The minimum absolute atomic E-state index is 0.0773. The quantitative estimate of drug-likeness (QED) is 0.628. The largest absolute Gasteiger partial charge is 0.482 e. The van der Waals surface area contributed by atoms with Crippen LogP contribution >= 0.6 is 11.3 Å². The SMILES string of the molecule is CC(C)(C)c1ccc(NC(=O)COc2ccc(-c3cscn3)cc2N)cc1. The summed E-state index contributed by atoms with van der Waals surface area (Å²) in [4.78, 5) is 16.4. The third kappa shape index (κ3) is 4.86. The molecule has 1 heterocycles. The number of nitrogens with zero attached hydrogens (tertiary/aromatic N) is 1. The van der Waals surface area contributed by atoms with Crippen LogP contribution in [0.1, 0.15) is 26.3 Å². The average molecular weight is 382 g/mol. The Morgan fingerprint density at radius 3 is 2.52 bits per heavy atom. The lowest BCUT2D eigenvalue weighted by molar-refractivity contribution is -0.118. The maximum atomic E-state index is 12.1. The monoisotopic (exact) mass is 381 g/mol. The van der Waals surface area contributed by atoms with E-state index in [0.717, 1.165) is 16.9 Å². The smallest absolute Gasteiger partial charge is 0.262 e. The topological polar surface area (TPSA) is 77.2 Å². The summed E-state index contributed by atoms with van der Waals surface area (Å²) in [7, 11) is 0. The van der Waals surface area contributed by atoms with Crippen molar-refractivity contribution in [3.8, 4) is 17.0 Å². The van der Waals surface area contributed by atoms with Crippen LogP contribution in [0.2, 0.25) is 0 Å². The zero-order valence-corrected chi connectivity index (χ0v) is 16.5. The first-order valence-corrected chi connectivity index (χ1v) is 9.58. The van der Waals surface area contributed by atoms with Crippen LogP contribution in [-0.4, -0.2) is 17.5 Å². The molecule has 0 aliphatic carbocycles. The summed E-state index contributed by atoms with van der Waals surface area (Å²) >= 11 is 1.53. The fourth-order valence-electron chi connectivity index (χ4n) is 2.59. The van der Waals surface area contributed by atoms with Crippen LogP contribution < -0.4 is 15.8 Å². The molecule has 5 nitrogen and oxygen atoms in total. The van der Waals surface area contributed by atoms with Crippen molar-refractivity contribution in [2.24, 2.45) is 0 Å². The Hall–Kier alpha value is -2.86. The number of nitrogens with two attached hydrogens (primary N) is 1. The highest BCUT2D eigenvalue weighted by molar-refractivity contribution is 7.07. The Bertz CT molecular complexity index is 914. The molecule has 0 bridgehead atoms. The summed E-state index contributed by atoms with van der Waals surface area (Å²) in [6, 6.07) is 13.3. The summed E-state index contributed by atoms with van der Waals surface area (Å²) in [5, 5.41) is 4.78. The number of hydrogen-bond donors (Lipinski definition) is 2. The van der Waals surface area contributed by atoms with Crippen molar-refractivity contribution in [3.05, 3.63) is 58.9 Å². The summed E-state index contributed by atoms with van der Waals surface area (Å²) in [5.74, 6) is 0.244. The third-order valence-corrected chi connectivity index (χ3v) is 4.72. The van der Waals surface area contributed by atoms with Crippen LogP contribution in [0.5, 0.6) is 5.75 Å². The molecule has 1 aromatic heterocycles. The number of anilines is 2. The van der Waals surface area contributed by atoms with Crippen molar-refractivity contribution in [3.63, 3.8) is 0 Å². The number of thiazole rings is 1. The molecule has 0 fully saturated rings. The zero-order chi connectivity index (χ0) is 19.4. The molecule has 0 atom stereocenters. The molecule has 0 aliphatic heterocycles. The van der Waals surface area contributed by atoms with Crippen molar-refractivity contribution < 1.29 is 9.53 Å². The molecule has 0 saturated carbocycles. The molecule has 3 N–H and O–H groups in total. The number of carbonyl (C=O) groups excluding carboxylic acids is 1. The van der Waals surface area contributed by atoms with Gasteiger partial charge in [0.05, 0.1) is 16.9 Å². The van der Waals surface area contributed by atoms with Gasteiger partial charge in [-0.3, -0.25) is 4.79 Å². The standard InChI is InChI=1S/C21H23N3O2S/c1-21(2,3)15-5-7-16(8-6-15)24-20(25)11-26-19-9-4-14(10-17(19)22)18-12-27-13-23-18/h4-10,12-13H,11,22H2,1-3H3,(H,24,25). The van der Waals surface area contributed by atoms with Crippen LogP contribution in [0.4, 0.5) is 11.4 Å². The molecule has 3 aromatic rings. The van der Waals surface area contributed by atoms with Crippen LogP contribution in [0, 0.1) is 0 Å². The number of benzene rings is 2. The number of carbonyl (C=O) groups is 1. The van der Waals surface area contributed by atoms with Gasteiger partial charge in [-0.25, -0.2) is 4.98 Å². The second-order valence-corrected chi connectivity index (χ2v) is 8.01. The van der Waals surface area contributed by atoms with Gasteiger partial charge >= 0.3 is 0 Å². The Morgan fingerprint density at radius 1 is 1.19 bits per heavy atom. The van der Waals surface area contributed by atoms with E-state index in [2.05, 4.69) is 31.1 Å². The van der Waals surface area contributed by atoms with Gasteiger partial charge in [0, 0.05) is 16.6 Å². The van der Waals surface area contributed by atoms with Gasteiger partial charge in [-0.2, -0.15) is 0 Å². The van der Waals surface area contributed by atoms with E-state index >= 15 is 0 Å². The van der Waals surface area contributed by atoms with Gasteiger partial charge in [0.25, 0.3) is 5.91 Å². The summed E-state index contributed by atoms with van der Waals surface area (Å²) in [6.07, 6.45) is 0. The molecule has 3 rings (SSSR count). The second kappa shape index (κ2) is 7.80. The minimum atomic E-state index is -0.235. The molecule has 0 spiro atoms. The van der Waals surface area contributed by atoms with Crippen LogP contribution in [0.15, 0.2) is 53.4 Å². The number of rotatable bonds is 5. The Kier molecular flexibility index (Phi) is 5.46. The van der Waals surface area contributed by atoms with E-state index in [0.29, 0.717) is 11.4 Å². The van der Waals surface area contributed by atoms with E-state index in [-0.39, 0.29) is 17.9 Å². The number of amides is 1. The Morgan fingerprint density at radius 2 is 1.93 bits per heavy atom. The van der Waals surface area contributed by atoms with Gasteiger partial charge in [-0.15, -0.1) is 11.3 Å². The number of hydrogen-bond acceptors (Lipinski definition) is 5. The molecule has 2 aromatic carbocycles. The first kappa shape index (κ1) is 18.9. The molecule has 1 amide bonds. The van der Waals surface area contributed by atoms with E-state index in [1.54, 1.807) is 17.6 Å². The van der Waals surface area contributed by atoms with Crippen molar-refractivity contribution in [1.82, 2.24) is 4.98 Å². The van der Waals surface area contributed by atoms with Crippen molar-refractivity contribution in [2.75, 3.05) is 17.7 Å². The lowest BCUT2D eigenvalue weighted by Gasteiger charge is -2.19. The first-order valence-electron chi connectivity index (χ1n) is 8.64. The average Bonchev–Trinajstić information content (AvgIpc) is 3.15. The summed E-state index contributed by atoms with van der Waals surface area (Å²) in [6.45, 7) is 6.34. The van der Waals surface area contributed by atoms with Gasteiger partial charge in [0.15, 0.2) is 6.61 Å². The number of nitrogens with one attached hydrogen (secondary N) is 1. The fourth-order valence-corrected chi connectivity index (χ4v) is 3.15. The van der Waals surface area contributed by atoms with Crippen molar-refractivity contribution in [2.45, 2.75) is 26.2 Å². The van der Waals surface area contributed by atoms with Gasteiger partial charge in [-0.1, -0.05) is 32.9 Å². The number of aromatic nitrogens is 1. The highest BCUT2D eigenvalue weighted by atomic mass is 32.1. The van der Waals surface area contributed by atoms with Crippen molar-refractivity contribution in [1.29, 1.82) is 0 Å². The third-order valence-electron chi connectivity index (χ3n) is 4.13. The first-order chi connectivity index (χ1) is 12.8. The lowest BCUT2D eigenvalue weighted by Crippen LogP contribution is -2.20. The van der Waals surface area contributed by atoms with E-state index in [4.69, 9.17) is 10.5 Å². The predicted octanol–water partition coefficient (Wildman–Crippen LogP) is 4.71. The van der Waals surface area contributed by atoms with Gasteiger partial charge in [-0.05, 0) is 41.3 Å². The van der Waals surface area contributed by atoms with Gasteiger partial charge in [0.1, 0.15) is 5.75 Å². The van der Waals surface area contributed by atoms with Gasteiger partial charge in [0.2, 0.25) is 0 Å². The molecule has 27 heavy (non-hydrogen) atoms. The summed E-state index contributed by atoms with van der Waals surface area (Å²) < 4.78 is 5.57. The second-order valence-electron chi connectivity index (χ2n) is 7.29. The number of ether oxygens (including phenoxy) is 1. The summed E-state index contributed by atoms with van der Waals surface area (Å²) in [5.41, 5.74) is 12.1. The van der Waals surface area contributed by atoms with Crippen LogP contribution in [-0.2, 0) is 10.2 Å². The van der Waals surface area contributed by atoms with Gasteiger partial charge < -0.3 is 15.8 Å². The lowest BCUT2D eigenvalue weighted by atomic mass is 9.87. The Labute approximate surface area is 163 Å². The van der Waals surface area contributed by atoms with E-state index < -0.39 is 0 Å². The van der Waals surface area contributed by atoms with Crippen molar-refractivity contribution >= 4 is 28.6 Å². The van der Waals surface area contributed by atoms with Crippen LogP contribution in [0.25, 0.3) is 11.3 Å². The molecular weight excluding hydrogens is 358 g/mol. The zero-order valence-electron chi connectivity index (χ0n) is 15.7. The normalized spacial score (nSPS) is 11.2. The maximum absolute atomic E-state index is 12.1. The number of nitrogen functional groups attached to an aromatic ring is 1. The molecule has 6 heteroatoms. The Balaban J connectivity index is 1.57. The molecule has 0 saturated heterocycles. The van der Waals surface area contributed by atoms with E-state index in [1.165, 1.54) is 16.9 Å². The maximum Gasteiger partial charge on any atom is 0.262 e. The van der Waals surface area contributed by atoms with E-state index in [1.807, 2.05) is 35.7 Å². The molecule has 140 valence electrons. The molecular formula is C21H23N3O2S.